The van der Waals surface area contributed by atoms with Crippen LogP contribution in [0.3, 0.4) is 0 Å². The number of sulfonamides is 1. The summed E-state index contributed by atoms with van der Waals surface area (Å²) in [4.78, 5) is 15.7. The van der Waals surface area contributed by atoms with Crippen LogP contribution in [0.2, 0.25) is 5.02 Å². The molecule has 1 aromatic heterocycles. The lowest BCUT2D eigenvalue weighted by Crippen LogP contribution is -2.13. The van der Waals surface area contributed by atoms with Gasteiger partial charge in [0, 0.05) is 11.1 Å². The second kappa shape index (κ2) is 5.78. The van der Waals surface area contributed by atoms with Crippen LogP contribution < -0.4 is 10.0 Å². The zero-order valence-electron chi connectivity index (χ0n) is 10.3. The Morgan fingerprint density at radius 3 is 2.70 bits per heavy atom. The number of amides is 1. The SMILES string of the molecule is CS(=O)(=O)Nc1ccc(NC(=O)c2cscn2)cc1Cl. The summed E-state index contributed by atoms with van der Waals surface area (Å²) in [5, 5.41) is 4.43. The van der Waals surface area contributed by atoms with E-state index in [1.54, 1.807) is 17.0 Å². The van der Waals surface area contributed by atoms with Crippen molar-refractivity contribution in [3.05, 3.63) is 39.8 Å². The highest BCUT2D eigenvalue weighted by atomic mass is 35.5. The van der Waals surface area contributed by atoms with Crippen molar-refractivity contribution >= 4 is 50.2 Å². The monoisotopic (exact) mass is 331 g/mol. The number of benzene rings is 1. The molecule has 0 saturated carbocycles. The van der Waals surface area contributed by atoms with Gasteiger partial charge in [-0.05, 0) is 18.2 Å². The van der Waals surface area contributed by atoms with Crippen LogP contribution in [0.5, 0.6) is 0 Å². The first-order valence-electron chi connectivity index (χ1n) is 5.32. The van der Waals surface area contributed by atoms with Crippen molar-refractivity contribution in [2.45, 2.75) is 0 Å². The minimum atomic E-state index is -3.40. The van der Waals surface area contributed by atoms with Gasteiger partial charge in [-0.1, -0.05) is 11.6 Å². The van der Waals surface area contributed by atoms with Crippen molar-refractivity contribution in [2.24, 2.45) is 0 Å². The molecule has 0 fully saturated rings. The van der Waals surface area contributed by atoms with E-state index in [0.717, 1.165) is 6.26 Å². The second-order valence-corrected chi connectivity index (χ2v) is 6.77. The van der Waals surface area contributed by atoms with E-state index in [1.165, 1.54) is 23.5 Å². The van der Waals surface area contributed by atoms with E-state index in [9.17, 15) is 13.2 Å². The van der Waals surface area contributed by atoms with E-state index in [4.69, 9.17) is 11.6 Å². The maximum atomic E-state index is 11.8. The zero-order valence-corrected chi connectivity index (χ0v) is 12.6. The maximum Gasteiger partial charge on any atom is 0.275 e. The van der Waals surface area contributed by atoms with Crippen molar-refractivity contribution < 1.29 is 13.2 Å². The lowest BCUT2D eigenvalue weighted by atomic mass is 10.3. The van der Waals surface area contributed by atoms with Gasteiger partial charge in [-0.25, -0.2) is 13.4 Å². The Hall–Kier alpha value is -1.64. The molecule has 106 valence electrons. The minimum absolute atomic E-state index is 0.187. The molecule has 0 unspecified atom stereocenters. The smallest absolute Gasteiger partial charge is 0.275 e. The molecule has 1 aromatic carbocycles. The van der Waals surface area contributed by atoms with Gasteiger partial charge in [-0.15, -0.1) is 11.3 Å². The van der Waals surface area contributed by atoms with E-state index in [1.807, 2.05) is 0 Å². The molecule has 2 aromatic rings. The van der Waals surface area contributed by atoms with Crippen LogP contribution in [0.25, 0.3) is 0 Å². The molecule has 9 heteroatoms. The molecule has 0 saturated heterocycles. The predicted octanol–water partition coefficient (Wildman–Crippen LogP) is 2.42. The molecule has 0 aliphatic rings. The summed E-state index contributed by atoms with van der Waals surface area (Å²) < 4.78 is 24.5. The third-order valence-corrected chi connectivity index (χ3v) is 3.68. The summed E-state index contributed by atoms with van der Waals surface area (Å²) in [6, 6.07) is 4.48. The summed E-state index contributed by atoms with van der Waals surface area (Å²) in [5.74, 6) is -0.355. The van der Waals surface area contributed by atoms with E-state index in [0.29, 0.717) is 11.4 Å². The van der Waals surface area contributed by atoms with Crippen molar-refractivity contribution in [2.75, 3.05) is 16.3 Å². The van der Waals surface area contributed by atoms with E-state index in [2.05, 4.69) is 15.0 Å². The molecule has 0 spiro atoms. The van der Waals surface area contributed by atoms with Crippen LogP contribution in [0.1, 0.15) is 10.5 Å². The number of nitrogens with one attached hydrogen (secondary N) is 2. The number of thiazole rings is 1. The highest BCUT2D eigenvalue weighted by Crippen LogP contribution is 2.26. The highest BCUT2D eigenvalue weighted by molar-refractivity contribution is 7.92. The Kier molecular flexibility index (Phi) is 4.26. The molecule has 0 aliphatic heterocycles. The van der Waals surface area contributed by atoms with Gasteiger partial charge in [-0.3, -0.25) is 9.52 Å². The molecule has 1 amide bonds. The van der Waals surface area contributed by atoms with Crippen LogP contribution in [0, 0.1) is 0 Å². The summed E-state index contributed by atoms with van der Waals surface area (Å²) >= 11 is 7.27. The van der Waals surface area contributed by atoms with Crippen molar-refractivity contribution in [1.82, 2.24) is 4.98 Å². The van der Waals surface area contributed by atoms with E-state index >= 15 is 0 Å². The number of hydrogen-bond donors (Lipinski definition) is 2. The maximum absolute atomic E-state index is 11.8. The van der Waals surface area contributed by atoms with Crippen molar-refractivity contribution in [1.29, 1.82) is 0 Å². The highest BCUT2D eigenvalue weighted by Gasteiger charge is 2.10. The summed E-state index contributed by atoms with van der Waals surface area (Å²) in [6.07, 6.45) is 1.03. The first-order valence-corrected chi connectivity index (χ1v) is 8.53. The van der Waals surface area contributed by atoms with Crippen LogP contribution in [-0.2, 0) is 10.0 Å². The Balaban J connectivity index is 2.15. The molecule has 2 N–H and O–H groups in total. The van der Waals surface area contributed by atoms with Gasteiger partial charge in [0.2, 0.25) is 10.0 Å². The standard InChI is InChI=1S/C11H10ClN3O3S2/c1-20(17,18)15-9-3-2-7(4-8(9)12)14-11(16)10-5-19-6-13-10/h2-6,15H,1H3,(H,14,16). The predicted molar refractivity (Wildman–Crippen MR) is 80.0 cm³/mol. The first kappa shape index (κ1) is 14.8. The Morgan fingerprint density at radius 2 is 2.15 bits per heavy atom. The molecule has 0 aliphatic carbocycles. The number of carbonyl (C=O) groups is 1. The summed E-state index contributed by atoms with van der Waals surface area (Å²) in [6.45, 7) is 0. The van der Waals surface area contributed by atoms with E-state index < -0.39 is 10.0 Å². The summed E-state index contributed by atoms with van der Waals surface area (Å²) in [5.41, 5.74) is 2.57. The first-order chi connectivity index (χ1) is 9.35. The number of hydrogen-bond acceptors (Lipinski definition) is 5. The summed E-state index contributed by atoms with van der Waals surface area (Å²) in [7, 11) is -3.40. The third-order valence-electron chi connectivity index (χ3n) is 2.19. The average Bonchev–Trinajstić information content (AvgIpc) is 2.85. The van der Waals surface area contributed by atoms with Crippen LogP contribution in [0.4, 0.5) is 11.4 Å². The fourth-order valence-electron chi connectivity index (χ4n) is 1.40. The molecule has 0 bridgehead atoms. The van der Waals surface area contributed by atoms with Gasteiger partial charge in [0.15, 0.2) is 0 Å². The molecule has 0 radical (unpaired) electrons. The van der Waals surface area contributed by atoms with E-state index in [-0.39, 0.29) is 16.6 Å². The minimum Gasteiger partial charge on any atom is -0.321 e. The molecule has 20 heavy (non-hydrogen) atoms. The zero-order chi connectivity index (χ0) is 14.8. The molecular weight excluding hydrogens is 322 g/mol. The Morgan fingerprint density at radius 1 is 1.40 bits per heavy atom. The van der Waals surface area contributed by atoms with Gasteiger partial charge in [0.25, 0.3) is 5.91 Å². The van der Waals surface area contributed by atoms with Gasteiger partial charge in [0.05, 0.1) is 22.5 Å². The lowest BCUT2D eigenvalue weighted by molar-refractivity contribution is 0.102. The number of rotatable bonds is 4. The average molecular weight is 332 g/mol. The lowest BCUT2D eigenvalue weighted by Gasteiger charge is -2.09. The molecule has 1 heterocycles. The molecule has 0 atom stereocenters. The van der Waals surface area contributed by atoms with Crippen LogP contribution in [0.15, 0.2) is 29.1 Å². The molecule has 6 nitrogen and oxygen atoms in total. The fourth-order valence-corrected chi connectivity index (χ4v) is 2.79. The van der Waals surface area contributed by atoms with Gasteiger partial charge < -0.3 is 5.32 Å². The van der Waals surface area contributed by atoms with Crippen molar-refractivity contribution in [3.63, 3.8) is 0 Å². The number of halogens is 1. The van der Waals surface area contributed by atoms with Gasteiger partial charge in [0.1, 0.15) is 5.69 Å². The molecule has 2 rings (SSSR count). The second-order valence-electron chi connectivity index (χ2n) is 3.90. The Bertz CT molecular complexity index is 729. The van der Waals surface area contributed by atoms with Crippen LogP contribution in [-0.4, -0.2) is 25.6 Å². The topological polar surface area (TPSA) is 88.2 Å². The van der Waals surface area contributed by atoms with Crippen LogP contribution >= 0.6 is 22.9 Å². The quantitative estimate of drug-likeness (QED) is 0.900. The molecular formula is C11H10ClN3O3S2. The largest absolute Gasteiger partial charge is 0.321 e. The Labute approximate surface area is 124 Å². The third kappa shape index (κ3) is 3.92. The number of aromatic nitrogens is 1. The van der Waals surface area contributed by atoms with Gasteiger partial charge >= 0.3 is 0 Å². The fraction of sp³-hybridized carbons (Fsp3) is 0.0909. The van der Waals surface area contributed by atoms with Gasteiger partial charge in [-0.2, -0.15) is 0 Å². The number of nitrogens with zero attached hydrogens (tertiary/aromatic N) is 1. The van der Waals surface area contributed by atoms with Crippen molar-refractivity contribution in [3.8, 4) is 0 Å². The normalized spacial score (nSPS) is 11.1. The number of anilines is 2. The number of carbonyl (C=O) groups excluding carboxylic acids is 1.